The maximum Gasteiger partial charge on any atom is 0.340 e. The summed E-state index contributed by atoms with van der Waals surface area (Å²) in [6.45, 7) is -0.723. The predicted molar refractivity (Wildman–Crippen MR) is 136 cm³/mol. The minimum absolute atomic E-state index is 0.131. The molecule has 1 aliphatic rings. The SMILES string of the molecule is O=P(O)(O)CP(=O)(O)OC[C@H]1O[C@@H](n2cnc3c(Nc4cccc5ccccc45)nc(Cl)nc32)C(O)C1O. The van der Waals surface area contributed by atoms with Crippen LogP contribution in [0.3, 0.4) is 0 Å². The fraction of sp³-hybridized carbons (Fsp3) is 0.286. The van der Waals surface area contributed by atoms with Gasteiger partial charge in [-0.05, 0) is 23.1 Å². The average molecular weight is 586 g/mol. The molecule has 0 amide bonds. The van der Waals surface area contributed by atoms with Crippen molar-refractivity contribution in [1.82, 2.24) is 19.5 Å². The summed E-state index contributed by atoms with van der Waals surface area (Å²) in [6, 6.07) is 13.4. The molecule has 202 valence electrons. The normalized spacial score (nSPS) is 23.6. The van der Waals surface area contributed by atoms with Crippen molar-refractivity contribution in [3.05, 3.63) is 54.1 Å². The first-order valence-corrected chi connectivity index (χ1v) is 15.0. The first kappa shape index (κ1) is 27.1. The third kappa shape index (κ3) is 5.61. The largest absolute Gasteiger partial charge is 0.387 e. The standard InChI is InChI=1S/C21H22ClN5O9P2/c22-21-25-18(24-13-7-3-5-11-4-1-2-6-12(11)13)15-19(26-21)27(9-23-15)20-17(29)16(28)14(36-20)8-35-38(33,34)10-37(30,31)32/h1-7,9,14,16-17,20,28-29H,8,10H2,(H,33,34)(H,24,25,26)(H2,30,31,32)/t14-,16?,17?,20-/m1/s1. The first-order valence-electron chi connectivity index (χ1n) is 11.1. The van der Waals surface area contributed by atoms with E-state index in [1.54, 1.807) is 0 Å². The van der Waals surface area contributed by atoms with Gasteiger partial charge in [-0.1, -0.05) is 36.4 Å². The summed E-state index contributed by atoms with van der Waals surface area (Å²) in [4.78, 5) is 40.3. The van der Waals surface area contributed by atoms with Gasteiger partial charge in [-0.15, -0.1) is 0 Å². The average Bonchev–Trinajstić information content (AvgIpc) is 3.37. The Kier molecular flexibility index (Phi) is 7.31. The van der Waals surface area contributed by atoms with Gasteiger partial charge in [-0.3, -0.25) is 13.7 Å². The van der Waals surface area contributed by atoms with E-state index in [9.17, 15) is 24.2 Å². The van der Waals surface area contributed by atoms with Gasteiger partial charge in [0.2, 0.25) is 5.28 Å². The molecule has 2 aromatic carbocycles. The van der Waals surface area contributed by atoms with Gasteiger partial charge in [0.15, 0.2) is 29.1 Å². The molecule has 17 heteroatoms. The van der Waals surface area contributed by atoms with Crippen LogP contribution in [0, 0.1) is 0 Å². The lowest BCUT2D eigenvalue weighted by atomic mass is 10.1. The van der Waals surface area contributed by atoms with E-state index >= 15 is 0 Å². The Labute approximate surface area is 219 Å². The van der Waals surface area contributed by atoms with Gasteiger partial charge >= 0.3 is 15.2 Å². The summed E-state index contributed by atoms with van der Waals surface area (Å²) in [5.74, 6) is -1.12. The molecule has 3 heterocycles. The van der Waals surface area contributed by atoms with Crippen molar-refractivity contribution in [2.24, 2.45) is 0 Å². The number of aromatic nitrogens is 4. The smallest absolute Gasteiger partial charge is 0.340 e. The number of hydrogen-bond acceptors (Lipinski definition) is 10. The van der Waals surface area contributed by atoms with Crippen LogP contribution in [0.2, 0.25) is 5.28 Å². The lowest BCUT2D eigenvalue weighted by Gasteiger charge is -2.18. The van der Waals surface area contributed by atoms with Crippen LogP contribution in [0.15, 0.2) is 48.8 Å². The van der Waals surface area contributed by atoms with Crippen molar-refractivity contribution in [2.45, 2.75) is 24.5 Å². The van der Waals surface area contributed by atoms with Crippen molar-refractivity contribution >= 4 is 60.2 Å². The topological polar surface area (TPSA) is 209 Å². The number of hydrogen-bond donors (Lipinski definition) is 6. The Hall–Kier alpha value is -2.48. The third-order valence-electron chi connectivity index (χ3n) is 5.85. The minimum atomic E-state index is -4.84. The first-order chi connectivity index (χ1) is 17.9. The molecule has 6 N–H and O–H groups in total. The van der Waals surface area contributed by atoms with Gasteiger partial charge in [0, 0.05) is 11.1 Å². The van der Waals surface area contributed by atoms with Crippen LogP contribution in [-0.4, -0.2) is 75.2 Å². The highest BCUT2D eigenvalue weighted by molar-refractivity contribution is 7.70. The summed E-state index contributed by atoms with van der Waals surface area (Å²) in [6.07, 6.45) is -4.37. The molecule has 0 spiro atoms. The second kappa shape index (κ2) is 10.2. The summed E-state index contributed by atoms with van der Waals surface area (Å²) in [5, 5.41) is 26.1. The number of imidazole rings is 1. The van der Waals surface area contributed by atoms with Crippen LogP contribution < -0.4 is 5.32 Å². The van der Waals surface area contributed by atoms with Gasteiger partial charge in [-0.25, -0.2) is 4.98 Å². The summed E-state index contributed by atoms with van der Waals surface area (Å²) >= 11 is 6.19. The third-order valence-corrected chi connectivity index (χ3v) is 9.48. The molecule has 0 bridgehead atoms. The van der Waals surface area contributed by atoms with Crippen LogP contribution in [0.25, 0.3) is 21.9 Å². The van der Waals surface area contributed by atoms with E-state index in [2.05, 4.69) is 20.3 Å². The summed E-state index contributed by atoms with van der Waals surface area (Å²) in [5.41, 5.74) is 1.19. The van der Waals surface area contributed by atoms with E-state index in [1.165, 1.54) is 10.9 Å². The Morgan fingerprint density at radius 3 is 2.55 bits per heavy atom. The number of rotatable bonds is 8. The lowest BCUT2D eigenvalue weighted by Crippen LogP contribution is -2.33. The number of aliphatic hydroxyl groups excluding tert-OH is 2. The number of nitrogens with one attached hydrogen (secondary N) is 1. The predicted octanol–water partition coefficient (Wildman–Crippen LogP) is 2.33. The number of fused-ring (bicyclic) bond motifs is 2. The Balaban J connectivity index is 1.41. The van der Waals surface area contributed by atoms with E-state index in [0.717, 1.165) is 16.5 Å². The zero-order valence-corrected chi connectivity index (χ0v) is 21.8. The van der Waals surface area contributed by atoms with Crippen molar-refractivity contribution in [3.8, 4) is 0 Å². The van der Waals surface area contributed by atoms with Gasteiger partial charge in [-0.2, -0.15) is 9.97 Å². The number of benzene rings is 2. The number of nitrogens with zero attached hydrogens (tertiary/aromatic N) is 4. The Bertz CT molecular complexity index is 1590. The quantitative estimate of drug-likeness (QED) is 0.130. The highest BCUT2D eigenvalue weighted by atomic mass is 35.5. The molecule has 5 rings (SSSR count). The highest BCUT2D eigenvalue weighted by Crippen LogP contribution is 2.55. The van der Waals surface area contributed by atoms with Gasteiger partial charge in [0.1, 0.15) is 18.3 Å². The van der Waals surface area contributed by atoms with Crippen molar-refractivity contribution in [3.63, 3.8) is 0 Å². The molecule has 1 fully saturated rings. The van der Waals surface area contributed by atoms with Crippen LogP contribution in [0.1, 0.15) is 6.23 Å². The number of halogens is 1. The van der Waals surface area contributed by atoms with Crippen molar-refractivity contribution in [2.75, 3.05) is 17.8 Å². The van der Waals surface area contributed by atoms with E-state index < -0.39 is 52.2 Å². The van der Waals surface area contributed by atoms with Crippen LogP contribution in [0.4, 0.5) is 11.5 Å². The molecule has 5 atom stereocenters. The van der Waals surface area contributed by atoms with E-state index in [4.69, 9.17) is 30.6 Å². The van der Waals surface area contributed by atoms with Crippen LogP contribution in [-0.2, 0) is 18.4 Å². The van der Waals surface area contributed by atoms with Gasteiger partial charge in [0.25, 0.3) is 0 Å². The molecule has 0 saturated carbocycles. The summed E-state index contributed by atoms with van der Waals surface area (Å²) < 4.78 is 34.7. The monoisotopic (exact) mass is 585 g/mol. The molecular weight excluding hydrogens is 564 g/mol. The molecule has 4 aromatic rings. The van der Waals surface area contributed by atoms with E-state index in [0.29, 0.717) is 0 Å². The molecule has 0 radical (unpaired) electrons. The van der Waals surface area contributed by atoms with E-state index in [-0.39, 0.29) is 22.3 Å². The van der Waals surface area contributed by atoms with Crippen LogP contribution in [0.5, 0.6) is 0 Å². The zero-order valence-electron chi connectivity index (χ0n) is 19.3. The number of ether oxygens (including phenoxy) is 1. The van der Waals surface area contributed by atoms with Gasteiger partial charge < -0.3 is 39.5 Å². The molecule has 1 saturated heterocycles. The highest BCUT2D eigenvalue weighted by Gasteiger charge is 2.45. The molecule has 38 heavy (non-hydrogen) atoms. The molecule has 14 nitrogen and oxygen atoms in total. The summed E-state index contributed by atoms with van der Waals surface area (Å²) in [7, 11) is -9.54. The Morgan fingerprint density at radius 2 is 1.79 bits per heavy atom. The Morgan fingerprint density at radius 1 is 1.05 bits per heavy atom. The fourth-order valence-electron chi connectivity index (χ4n) is 4.19. The molecule has 2 aromatic heterocycles. The maximum atomic E-state index is 12.0. The molecule has 0 aliphatic carbocycles. The minimum Gasteiger partial charge on any atom is -0.387 e. The maximum absolute atomic E-state index is 12.0. The second-order valence-corrected chi connectivity index (χ2v) is 12.9. The van der Waals surface area contributed by atoms with Crippen molar-refractivity contribution in [1.29, 1.82) is 0 Å². The van der Waals surface area contributed by atoms with E-state index in [1.807, 2.05) is 42.5 Å². The zero-order chi connectivity index (χ0) is 27.2. The second-order valence-electron chi connectivity index (χ2n) is 8.60. The number of anilines is 2. The molecular formula is C21H22ClN5O9P2. The lowest BCUT2D eigenvalue weighted by molar-refractivity contribution is -0.0483. The molecule has 3 unspecified atom stereocenters. The van der Waals surface area contributed by atoms with Crippen LogP contribution >= 0.6 is 26.8 Å². The fourth-order valence-corrected chi connectivity index (χ4v) is 6.92. The van der Waals surface area contributed by atoms with Crippen molar-refractivity contribution < 1.29 is 43.3 Å². The van der Waals surface area contributed by atoms with Gasteiger partial charge in [0.05, 0.1) is 12.9 Å². The number of aliphatic hydroxyl groups is 2. The molecule has 1 aliphatic heterocycles.